The fourth-order valence-electron chi connectivity index (χ4n) is 4.70. The van der Waals surface area contributed by atoms with Crippen LogP contribution in [0.2, 0.25) is 0 Å². The molecule has 0 atom stereocenters. The zero-order valence-corrected chi connectivity index (χ0v) is 21.5. The van der Waals surface area contributed by atoms with Gasteiger partial charge in [0.2, 0.25) is 11.5 Å². The summed E-state index contributed by atoms with van der Waals surface area (Å²) in [4.78, 5) is 14.4. The van der Waals surface area contributed by atoms with E-state index in [1.807, 2.05) is 91.9 Å². The lowest BCUT2D eigenvalue weighted by atomic mass is 9.83. The number of aliphatic hydroxyl groups is 1. The quantitative estimate of drug-likeness (QED) is 0.347. The van der Waals surface area contributed by atoms with Crippen molar-refractivity contribution in [1.29, 1.82) is 0 Å². The molecule has 4 rings (SSSR count). The largest absolute Gasteiger partial charge is 0.451 e. The van der Waals surface area contributed by atoms with Crippen molar-refractivity contribution in [2.75, 3.05) is 5.01 Å². The lowest BCUT2D eigenvalue weighted by molar-refractivity contribution is -0.135. The fourth-order valence-corrected chi connectivity index (χ4v) is 4.70. The monoisotopic (exact) mass is 484 g/mol. The van der Waals surface area contributed by atoms with Crippen molar-refractivity contribution in [1.82, 2.24) is 0 Å². The van der Waals surface area contributed by atoms with Crippen LogP contribution in [-0.2, 0) is 15.1 Å². The van der Waals surface area contributed by atoms with E-state index in [4.69, 9.17) is 9.84 Å². The molecule has 3 aromatic rings. The Morgan fingerprint density at radius 3 is 1.81 bits per heavy atom. The second-order valence-corrected chi connectivity index (χ2v) is 9.61. The van der Waals surface area contributed by atoms with Gasteiger partial charge < -0.3 is 9.84 Å². The van der Waals surface area contributed by atoms with Crippen LogP contribution in [0.1, 0.15) is 69.1 Å². The van der Waals surface area contributed by atoms with Crippen molar-refractivity contribution in [3.05, 3.63) is 102 Å². The molecule has 0 aromatic heterocycles. The molecule has 1 N–H and O–H groups in total. The van der Waals surface area contributed by atoms with Crippen LogP contribution in [0.4, 0.5) is 5.69 Å². The number of benzene rings is 3. The molecule has 188 valence electrons. The summed E-state index contributed by atoms with van der Waals surface area (Å²) in [5, 5.41) is 18.2. The van der Waals surface area contributed by atoms with Gasteiger partial charge in [-0.2, -0.15) is 5.01 Å². The summed E-state index contributed by atoms with van der Waals surface area (Å²) in [6.45, 7) is 6.21. The molecule has 3 aromatic carbocycles. The molecule has 0 unspecified atom stereocenters. The molecule has 0 aliphatic carbocycles. The number of unbranched alkanes of at least 4 members (excludes halogenated alkanes) is 2. The molecular weight excluding hydrogens is 448 g/mol. The van der Waals surface area contributed by atoms with Gasteiger partial charge in [-0.15, -0.1) is 5.10 Å². The summed E-state index contributed by atoms with van der Waals surface area (Å²) in [6.07, 6.45) is 4.54. The third-order valence-electron chi connectivity index (χ3n) is 6.86. The molecule has 0 bridgehead atoms. The van der Waals surface area contributed by atoms with Gasteiger partial charge in [0.15, 0.2) is 0 Å². The van der Waals surface area contributed by atoms with E-state index in [1.165, 1.54) is 5.01 Å². The molecule has 0 spiro atoms. The molecule has 36 heavy (non-hydrogen) atoms. The number of carbonyl (C=O) groups is 1. The van der Waals surface area contributed by atoms with Crippen molar-refractivity contribution >= 4 is 17.5 Å². The number of hydrogen-bond donors (Lipinski definition) is 1. The van der Waals surface area contributed by atoms with Crippen LogP contribution < -0.4 is 5.01 Å². The van der Waals surface area contributed by atoms with Crippen LogP contribution in [-0.4, -0.2) is 22.5 Å². The predicted molar refractivity (Wildman–Crippen MR) is 145 cm³/mol. The van der Waals surface area contributed by atoms with Gasteiger partial charge in [-0.25, -0.2) is 0 Å². The molecule has 0 fully saturated rings. The van der Waals surface area contributed by atoms with Crippen LogP contribution in [0.25, 0.3) is 0 Å². The number of aryl methyl sites for hydroxylation is 1. The maximum atomic E-state index is 14.4. The number of hydrogen-bond acceptors (Lipinski definition) is 4. The van der Waals surface area contributed by atoms with Crippen molar-refractivity contribution in [3.63, 3.8) is 0 Å². The molecule has 5 nitrogen and oxygen atoms in total. The van der Waals surface area contributed by atoms with Crippen molar-refractivity contribution < 1.29 is 14.6 Å². The second-order valence-electron chi connectivity index (χ2n) is 9.61. The van der Waals surface area contributed by atoms with Crippen molar-refractivity contribution in [2.24, 2.45) is 5.10 Å². The molecule has 1 heterocycles. The minimum Gasteiger partial charge on any atom is -0.451 e. The minimum atomic E-state index is -1.49. The second kappa shape index (κ2) is 11.1. The Labute approximate surface area is 214 Å². The van der Waals surface area contributed by atoms with Gasteiger partial charge in [-0.1, -0.05) is 118 Å². The van der Waals surface area contributed by atoms with Crippen LogP contribution >= 0.6 is 0 Å². The Morgan fingerprint density at radius 1 is 0.833 bits per heavy atom. The lowest BCUT2D eigenvalue weighted by Gasteiger charge is -2.44. The Bertz CT molecular complexity index is 1130. The van der Waals surface area contributed by atoms with Gasteiger partial charge in [-0.3, -0.25) is 4.79 Å². The number of rotatable bonds is 10. The van der Waals surface area contributed by atoms with Crippen LogP contribution in [0.3, 0.4) is 0 Å². The summed E-state index contributed by atoms with van der Waals surface area (Å²) >= 11 is 0. The van der Waals surface area contributed by atoms with E-state index >= 15 is 0 Å². The van der Waals surface area contributed by atoms with Gasteiger partial charge in [0.1, 0.15) is 5.60 Å². The fraction of sp³-hybridized carbons (Fsp3) is 0.355. The highest BCUT2D eigenvalue weighted by molar-refractivity contribution is 6.08. The Balaban J connectivity index is 1.96. The molecular formula is C31H36N2O3. The Morgan fingerprint density at radius 2 is 1.33 bits per heavy atom. The van der Waals surface area contributed by atoms with Gasteiger partial charge in [0, 0.05) is 11.1 Å². The standard InChI is InChI=1S/C31H36N2O3/c1-4-6-22-30(35,23-7-5-2)28-32-33(27-20-18-24(3)19-21-27)29(34)31(36-28,25-14-10-8-11-15-25)26-16-12-9-13-17-26/h8-21,35H,4-7,22-23H2,1-3H3. The van der Waals surface area contributed by atoms with E-state index in [0.29, 0.717) is 29.7 Å². The highest BCUT2D eigenvalue weighted by Gasteiger charge is 2.54. The van der Waals surface area contributed by atoms with Crippen LogP contribution in [0.15, 0.2) is 90.0 Å². The molecule has 0 radical (unpaired) electrons. The highest BCUT2D eigenvalue weighted by atomic mass is 16.5. The number of anilines is 1. The average molecular weight is 485 g/mol. The summed E-state index contributed by atoms with van der Waals surface area (Å²) < 4.78 is 6.70. The third kappa shape index (κ3) is 4.93. The predicted octanol–water partition coefficient (Wildman–Crippen LogP) is 6.73. The van der Waals surface area contributed by atoms with E-state index < -0.39 is 11.2 Å². The van der Waals surface area contributed by atoms with E-state index in [-0.39, 0.29) is 11.8 Å². The van der Waals surface area contributed by atoms with E-state index in [2.05, 4.69) is 13.8 Å². The molecule has 1 aliphatic heterocycles. The number of nitrogens with zero attached hydrogens (tertiary/aromatic N) is 2. The van der Waals surface area contributed by atoms with Gasteiger partial charge >= 0.3 is 5.91 Å². The topological polar surface area (TPSA) is 62.1 Å². The molecule has 1 aliphatic rings. The highest BCUT2D eigenvalue weighted by Crippen LogP contribution is 2.42. The number of amides is 1. The zero-order valence-electron chi connectivity index (χ0n) is 21.5. The molecule has 0 saturated carbocycles. The molecule has 5 heteroatoms. The van der Waals surface area contributed by atoms with Gasteiger partial charge in [0.25, 0.3) is 0 Å². The SMILES string of the molecule is CCCCC(O)(CCCC)C1=NN(c2ccc(C)cc2)C(=O)C(c2ccccc2)(c2ccccc2)O1. The minimum absolute atomic E-state index is 0.192. The smallest absolute Gasteiger partial charge is 0.301 e. The normalized spacial score (nSPS) is 15.4. The maximum Gasteiger partial charge on any atom is 0.301 e. The first-order chi connectivity index (χ1) is 17.4. The van der Waals surface area contributed by atoms with E-state index in [0.717, 1.165) is 31.2 Å². The number of carbonyl (C=O) groups excluding carboxylic acids is 1. The number of hydrazone groups is 1. The molecule has 0 saturated heterocycles. The lowest BCUT2D eigenvalue weighted by Crippen LogP contribution is -2.57. The summed E-state index contributed by atoms with van der Waals surface area (Å²) in [7, 11) is 0. The van der Waals surface area contributed by atoms with E-state index in [9.17, 15) is 9.90 Å². The first-order valence-corrected chi connectivity index (χ1v) is 13.0. The van der Waals surface area contributed by atoms with E-state index in [1.54, 1.807) is 0 Å². The summed E-state index contributed by atoms with van der Waals surface area (Å²) in [6, 6.07) is 26.7. The Hall–Kier alpha value is -3.44. The average Bonchev–Trinajstić information content (AvgIpc) is 2.92. The summed E-state index contributed by atoms with van der Waals surface area (Å²) in [5.74, 6) is -0.127. The summed E-state index contributed by atoms with van der Waals surface area (Å²) in [5.41, 5.74) is 0.332. The van der Waals surface area contributed by atoms with Crippen LogP contribution in [0, 0.1) is 6.92 Å². The first kappa shape index (κ1) is 25.6. The number of ether oxygens (including phenoxy) is 1. The van der Waals surface area contributed by atoms with Crippen molar-refractivity contribution in [2.45, 2.75) is 70.5 Å². The molecule has 1 amide bonds. The van der Waals surface area contributed by atoms with Gasteiger partial charge in [0.05, 0.1) is 5.69 Å². The maximum absolute atomic E-state index is 14.4. The first-order valence-electron chi connectivity index (χ1n) is 13.0. The zero-order chi connectivity index (χ0) is 25.6. The Kier molecular flexibility index (Phi) is 7.90. The third-order valence-corrected chi connectivity index (χ3v) is 6.86. The van der Waals surface area contributed by atoms with Crippen LogP contribution in [0.5, 0.6) is 0 Å². The van der Waals surface area contributed by atoms with Crippen molar-refractivity contribution in [3.8, 4) is 0 Å². The van der Waals surface area contributed by atoms with Gasteiger partial charge in [-0.05, 0) is 31.9 Å².